The van der Waals surface area contributed by atoms with Gasteiger partial charge in [-0.05, 0) is 30.2 Å². The molecule has 0 aliphatic carbocycles. The van der Waals surface area contributed by atoms with Gasteiger partial charge in [-0.2, -0.15) is 5.10 Å². The number of nitrogens with zero attached hydrogens (tertiary/aromatic N) is 2. The molecule has 0 spiro atoms. The van der Waals surface area contributed by atoms with Crippen molar-refractivity contribution in [3.63, 3.8) is 0 Å². The Balaban J connectivity index is 1.93. The van der Waals surface area contributed by atoms with Crippen LogP contribution in [0.15, 0.2) is 36.7 Å². The van der Waals surface area contributed by atoms with Gasteiger partial charge in [0.25, 0.3) is 0 Å². The summed E-state index contributed by atoms with van der Waals surface area (Å²) in [5.41, 5.74) is 4.98. The number of fused-ring (bicyclic) bond motifs is 2. The number of methoxy groups -OCH3 is 2. The normalized spacial score (nSPS) is 16.4. The Morgan fingerprint density at radius 1 is 1.20 bits per heavy atom. The van der Waals surface area contributed by atoms with E-state index in [4.69, 9.17) is 9.47 Å². The molecule has 1 unspecified atom stereocenters. The van der Waals surface area contributed by atoms with E-state index in [-0.39, 0.29) is 11.8 Å². The first-order chi connectivity index (χ1) is 12.1. The lowest BCUT2D eigenvalue weighted by Gasteiger charge is -2.26. The van der Waals surface area contributed by atoms with Crippen molar-refractivity contribution in [2.45, 2.75) is 19.3 Å². The Hall–Kier alpha value is -3.02. The predicted octanol–water partition coefficient (Wildman–Crippen LogP) is 3.13. The van der Waals surface area contributed by atoms with Crippen LogP contribution in [0, 0.1) is 6.92 Å². The lowest BCUT2D eigenvalue weighted by molar-refractivity contribution is -0.116. The first-order valence-corrected chi connectivity index (χ1v) is 8.11. The van der Waals surface area contributed by atoms with Crippen LogP contribution in [0.4, 0.5) is 5.69 Å². The SMILES string of the molecule is COc1cc2c(cc1OC)C(c1cnn3cccc(C)c13)CC(=O)N2. The van der Waals surface area contributed by atoms with E-state index in [9.17, 15) is 4.79 Å². The fourth-order valence-electron chi connectivity index (χ4n) is 3.57. The number of amides is 1. The second-order valence-electron chi connectivity index (χ2n) is 6.18. The predicted molar refractivity (Wildman–Crippen MR) is 94.6 cm³/mol. The molecule has 0 saturated carbocycles. The highest BCUT2D eigenvalue weighted by Gasteiger charge is 2.30. The van der Waals surface area contributed by atoms with E-state index >= 15 is 0 Å². The van der Waals surface area contributed by atoms with Gasteiger partial charge in [0.2, 0.25) is 5.91 Å². The number of aromatic nitrogens is 2. The maximum absolute atomic E-state index is 12.3. The molecular weight excluding hydrogens is 318 g/mol. The lowest BCUT2D eigenvalue weighted by Crippen LogP contribution is -2.23. The van der Waals surface area contributed by atoms with Crippen LogP contribution >= 0.6 is 0 Å². The van der Waals surface area contributed by atoms with Crippen molar-refractivity contribution < 1.29 is 14.3 Å². The molecule has 0 radical (unpaired) electrons. The molecule has 1 aliphatic rings. The Bertz CT molecular complexity index is 977. The van der Waals surface area contributed by atoms with Crippen molar-refractivity contribution in [3.05, 3.63) is 53.3 Å². The number of anilines is 1. The summed E-state index contributed by atoms with van der Waals surface area (Å²) in [5.74, 6) is 1.15. The van der Waals surface area contributed by atoms with Crippen LogP contribution in [0.2, 0.25) is 0 Å². The van der Waals surface area contributed by atoms with E-state index < -0.39 is 0 Å². The fraction of sp³-hybridized carbons (Fsp3) is 0.263. The van der Waals surface area contributed by atoms with Gasteiger partial charge in [-0.1, -0.05) is 6.07 Å². The zero-order valence-corrected chi connectivity index (χ0v) is 14.4. The standard InChI is InChI=1S/C19H19N3O3/c1-11-5-4-6-22-19(11)14(10-20-22)12-8-18(23)21-15-9-17(25-3)16(24-2)7-13(12)15/h4-7,9-10,12H,8H2,1-3H3,(H,21,23). The second-order valence-corrected chi connectivity index (χ2v) is 6.18. The van der Waals surface area contributed by atoms with Gasteiger partial charge in [0.1, 0.15) is 0 Å². The third-order valence-corrected chi connectivity index (χ3v) is 4.74. The highest BCUT2D eigenvalue weighted by atomic mass is 16.5. The van der Waals surface area contributed by atoms with Gasteiger partial charge in [-0.25, -0.2) is 4.52 Å². The number of pyridine rings is 1. The average molecular weight is 337 g/mol. The molecule has 6 nitrogen and oxygen atoms in total. The Morgan fingerprint density at radius 2 is 1.96 bits per heavy atom. The van der Waals surface area contributed by atoms with E-state index in [1.165, 1.54) is 0 Å². The highest BCUT2D eigenvalue weighted by molar-refractivity contribution is 5.96. The molecule has 6 heteroatoms. The largest absolute Gasteiger partial charge is 0.493 e. The van der Waals surface area contributed by atoms with Gasteiger partial charge in [0.15, 0.2) is 11.5 Å². The number of nitrogens with one attached hydrogen (secondary N) is 1. The molecule has 2 aromatic heterocycles. The van der Waals surface area contributed by atoms with Gasteiger partial charge >= 0.3 is 0 Å². The number of ether oxygens (including phenoxy) is 2. The minimum atomic E-state index is -0.0813. The summed E-state index contributed by atoms with van der Waals surface area (Å²) in [6.45, 7) is 2.05. The van der Waals surface area contributed by atoms with Crippen LogP contribution in [0.3, 0.4) is 0 Å². The van der Waals surface area contributed by atoms with Gasteiger partial charge in [0, 0.05) is 35.9 Å². The molecule has 128 valence electrons. The first-order valence-electron chi connectivity index (χ1n) is 8.11. The average Bonchev–Trinajstić information content (AvgIpc) is 3.05. The quantitative estimate of drug-likeness (QED) is 0.797. The monoisotopic (exact) mass is 337 g/mol. The second kappa shape index (κ2) is 5.81. The van der Waals surface area contributed by atoms with Gasteiger partial charge in [-0.3, -0.25) is 4.79 Å². The zero-order chi connectivity index (χ0) is 17.6. The third-order valence-electron chi connectivity index (χ3n) is 4.74. The summed E-state index contributed by atoms with van der Waals surface area (Å²) in [6, 6.07) is 7.78. The Morgan fingerprint density at radius 3 is 2.72 bits per heavy atom. The smallest absolute Gasteiger partial charge is 0.225 e. The van der Waals surface area contributed by atoms with E-state index in [1.54, 1.807) is 14.2 Å². The molecular formula is C19H19N3O3. The van der Waals surface area contributed by atoms with Crippen molar-refractivity contribution in [3.8, 4) is 11.5 Å². The summed E-state index contributed by atoms with van der Waals surface area (Å²) in [5, 5.41) is 7.40. The maximum Gasteiger partial charge on any atom is 0.225 e. The van der Waals surface area contributed by atoms with Crippen LogP contribution in [0.1, 0.15) is 29.0 Å². The third kappa shape index (κ3) is 2.41. The molecule has 1 N–H and O–H groups in total. The summed E-state index contributed by atoms with van der Waals surface area (Å²) < 4.78 is 12.7. The molecule has 0 saturated heterocycles. The molecule has 1 aliphatic heterocycles. The topological polar surface area (TPSA) is 64.9 Å². The zero-order valence-electron chi connectivity index (χ0n) is 14.4. The van der Waals surface area contributed by atoms with Crippen molar-refractivity contribution in [1.82, 2.24) is 9.61 Å². The minimum Gasteiger partial charge on any atom is -0.493 e. The Kier molecular flexibility index (Phi) is 3.60. The molecule has 0 bridgehead atoms. The number of aryl methyl sites for hydroxylation is 1. The first kappa shape index (κ1) is 15.5. The number of hydrogen-bond donors (Lipinski definition) is 1. The summed E-state index contributed by atoms with van der Waals surface area (Å²) in [7, 11) is 3.20. The van der Waals surface area contributed by atoms with Crippen LogP contribution < -0.4 is 14.8 Å². The molecule has 1 amide bonds. The van der Waals surface area contributed by atoms with Crippen molar-refractivity contribution in [2.75, 3.05) is 19.5 Å². The minimum absolute atomic E-state index is 0.0161. The fourth-order valence-corrected chi connectivity index (χ4v) is 3.57. The Labute approximate surface area is 145 Å². The molecule has 4 rings (SSSR count). The van der Waals surface area contributed by atoms with Crippen LogP contribution in [0.5, 0.6) is 11.5 Å². The van der Waals surface area contributed by atoms with E-state index in [0.717, 1.165) is 27.9 Å². The van der Waals surface area contributed by atoms with Crippen molar-refractivity contribution in [2.24, 2.45) is 0 Å². The summed E-state index contributed by atoms with van der Waals surface area (Å²) in [4.78, 5) is 12.3. The summed E-state index contributed by atoms with van der Waals surface area (Å²) >= 11 is 0. The number of rotatable bonds is 3. The molecule has 3 aromatic rings. The van der Waals surface area contributed by atoms with Gasteiger partial charge in [0.05, 0.1) is 25.9 Å². The molecule has 1 atom stereocenters. The summed E-state index contributed by atoms with van der Waals surface area (Å²) in [6.07, 6.45) is 4.15. The number of carbonyl (C=O) groups is 1. The maximum atomic E-state index is 12.3. The molecule has 0 fully saturated rings. The van der Waals surface area contributed by atoms with Crippen molar-refractivity contribution in [1.29, 1.82) is 0 Å². The number of benzene rings is 1. The van der Waals surface area contributed by atoms with E-state index in [0.29, 0.717) is 17.9 Å². The van der Waals surface area contributed by atoms with Gasteiger partial charge in [-0.15, -0.1) is 0 Å². The van der Waals surface area contributed by atoms with E-state index in [2.05, 4.69) is 23.4 Å². The van der Waals surface area contributed by atoms with Crippen LogP contribution in [-0.4, -0.2) is 29.7 Å². The van der Waals surface area contributed by atoms with Gasteiger partial charge < -0.3 is 14.8 Å². The highest BCUT2D eigenvalue weighted by Crippen LogP contribution is 2.44. The van der Waals surface area contributed by atoms with Crippen molar-refractivity contribution >= 4 is 17.1 Å². The molecule has 25 heavy (non-hydrogen) atoms. The number of hydrogen-bond acceptors (Lipinski definition) is 4. The van der Waals surface area contributed by atoms with E-state index in [1.807, 2.05) is 35.1 Å². The van der Waals surface area contributed by atoms with Crippen LogP contribution in [-0.2, 0) is 4.79 Å². The van der Waals surface area contributed by atoms with Crippen LogP contribution in [0.25, 0.3) is 5.52 Å². The lowest BCUT2D eigenvalue weighted by atomic mass is 9.84. The number of carbonyl (C=O) groups excluding carboxylic acids is 1. The molecule has 3 heterocycles. The molecule has 1 aromatic carbocycles.